The van der Waals surface area contributed by atoms with Crippen LogP contribution in [0.1, 0.15) is 97.3 Å². The maximum Gasteiger partial charge on any atom is 0.318 e. The first-order valence-electron chi connectivity index (χ1n) is 9.68. The molecule has 0 amide bonds. The third kappa shape index (κ3) is 16.6. The number of carbonyl (C=O) groups excluding carboxylic acids is 1. The lowest BCUT2D eigenvalue weighted by Crippen LogP contribution is -2.16. The van der Waals surface area contributed by atoms with Crippen molar-refractivity contribution in [2.24, 2.45) is 0 Å². The van der Waals surface area contributed by atoms with Gasteiger partial charge >= 0.3 is 5.97 Å². The van der Waals surface area contributed by atoms with Gasteiger partial charge < -0.3 is 4.74 Å². The Morgan fingerprint density at radius 3 is 1.96 bits per heavy atom. The van der Waals surface area contributed by atoms with E-state index in [1.54, 1.807) is 0 Å². The van der Waals surface area contributed by atoms with Gasteiger partial charge in [0.1, 0.15) is 3.92 Å². The van der Waals surface area contributed by atoms with E-state index in [0.29, 0.717) is 6.61 Å². The van der Waals surface area contributed by atoms with E-state index in [9.17, 15) is 4.79 Å². The average Bonchev–Trinajstić information content (AvgIpc) is 2.55. The van der Waals surface area contributed by atoms with Crippen LogP contribution < -0.4 is 0 Å². The Kier molecular flexibility index (Phi) is 18.2. The zero-order valence-electron chi connectivity index (χ0n) is 15.3. The van der Waals surface area contributed by atoms with Crippen LogP contribution in [-0.2, 0) is 9.53 Å². The summed E-state index contributed by atoms with van der Waals surface area (Å²) in [5, 5.41) is 0. The van der Waals surface area contributed by atoms with Crippen molar-refractivity contribution in [3.05, 3.63) is 12.2 Å². The number of hydrogen-bond acceptors (Lipinski definition) is 2. The molecular weight excluding hydrogens is 399 g/mol. The maximum atomic E-state index is 11.5. The number of esters is 1. The first-order valence-corrected chi connectivity index (χ1v) is 10.9. The molecule has 0 saturated carbocycles. The van der Waals surface area contributed by atoms with Crippen LogP contribution in [0.15, 0.2) is 12.2 Å². The molecule has 0 rings (SSSR count). The summed E-state index contributed by atoms with van der Waals surface area (Å²) < 4.78 is 5.05. The third-order valence-electron chi connectivity index (χ3n) is 4.01. The van der Waals surface area contributed by atoms with E-state index >= 15 is 0 Å². The Morgan fingerprint density at radius 2 is 1.39 bits per heavy atom. The first kappa shape index (κ1) is 22.9. The molecule has 1 atom stereocenters. The summed E-state index contributed by atoms with van der Waals surface area (Å²) in [6.45, 7) is 4.62. The molecule has 0 radical (unpaired) electrons. The summed E-state index contributed by atoms with van der Waals surface area (Å²) in [6, 6.07) is 0. The molecule has 0 N–H and O–H groups in total. The Morgan fingerprint density at radius 1 is 0.870 bits per heavy atom. The van der Waals surface area contributed by atoms with E-state index in [4.69, 9.17) is 4.74 Å². The lowest BCUT2D eigenvalue weighted by atomic mass is 10.1. The SMILES string of the molecule is CCCCCCCC/C=C\CCCCCCC(I)C(=O)OCC. The van der Waals surface area contributed by atoms with Crippen LogP contribution in [0.3, 0.4) is 0 Å². The number of ether oxygens (including phenoxy) is 1. The number of hydrogen-bond donors (Lipinski definition) is 0. The standard InChI is InChI=1S/C20H37IO2/c1-3-5-6-7-8-9-10-11-12-13-14-15-16-17-18-19(21)20(22)23-4-2/h11-12,19H,3-10,13-18H2,1-2H3/b12-11-. The molecule has 0 aliphatic rings. The zero-order valence-corrected chi connectivity index (χ0v) is 17.5. The lowest BCUT2D eigenvalue weighted by molar-refractivity contribution is -0.142. The molecule has 0 aromatic rings. The highest BCUT2D eigenvalue weighted by atomic mass is 127. The molecule has 136 valence electrons. The molecular formula is C20H37IO2. The van der Waals surface area contributed by atoms with Gasteiger partial charge in [-0.3, -0.25) is 4.79 Å². The van der Waals surface area contributed by atoms with Gasteiger partial charge in [-0.05, 0) is 39.0 Å². The minimum Gasteiger partial charge on any atom is -0.465 e. The normalized spacial score (nSPS) is 12.7. The molecule has 1 unspecified atom stereocenters. The molecule has 2 nitrogen and oxygen atoms in total. The molecule has 0 aliphatic carbocycles. The second kappa shape index (κ2) is 18.3. The van der Waals surface area contributed by atoms with Crippen molar-refractivity contribution >= 4 is 28.6 Å². The number of unbranched alkanes of at least 4 members (excludes halogenated alkanes) is 10. The molecule has 0 saturated heterocycles. The van der Waals surface area contributed by atoms with Crippen molar-refractivity contribution in [1.29, 1.82) is 0 Å². The Labute approximate surface area is 158 Å². The predicted octanol–water partition coefficient (Wildman–Crippen LogP) is 7.00. The lowest BCUT2D eigenvalue weighted by Gasteiger charge is -2.08. The Bertz CT molecular complexity index is 289. The highest BCUT2D eigenvalue weighted by molar-refractivity contribution is 14.1. The number of alkyl halides is 1. The van der Waals surface area contributed by atoms with Crippen LogP contribution in [-0.4, -0.2) is 16.5 Å². The van der Waals surface area contributed by atoms with Crippen LogP contribution >= 0.6 is 22.6 Å². The van der Waals surface area contributed by atoms with Crippen LogP contribution in [0.4, 0.5) is 0 Å². The van der Waals surface area contributed by atoms with Crippen LogP contribution in [0.2, 0.25) is 0 Å². The monoisotopic (exact) mass is 436 g/mol. The summed E-state index contributed by atoms with van der Waals surface area (Å²) in [6.07, 6.45) is 21.3. The minimum atomic E-state index is -0.0503. The largest absolute Gasteiger partial charge is 0.465 e. The van der Waals surface area contributed by atoms with Crippen LogP contribution in [0.5, 0.6) is 0 Å². The summed E-state index contributed by atoms with van der Waals surface area (Å²) >= 11 is 2.20. The molecule has 0 aromatic heterocycles. The molecule has 23 heavy (non-hydrogen) atoms. The molecule has 3 heteroatoms. The van der Waals surface area contributed by atoms with Gasteiger partial charge in [-0.2, -0.15) is 0 Å². The highest BCUT2D eigenvalue weighted by Crippen LogP contribution is 2.15. The van der Waals surface area contributed by atoms with Gasteiger partial charge in [-0.15, -0.1) is 0 Å². The summed E-state index contributed by atoms with van der Waals surface area (Å²) in [4.78, 5) is 11.5. The number of halogens is 1. The number of rotatable bonds is 16. The number of allylic oxidation sites excluding steroid dienone is 2. The van der Waals surface area contributed by atoms with Gasteiger partial charge in [-0.25, -0.2) is 0 Å². The fourth-order valence-electron chi connectivity index (χ4n) is 2.57. The maximum absolute atomic E-state index is 11.5. The van der Waals surface area contributed by atoms with Crippen molar-refractivity contribution in [2.75, 3.05) is 6.61 Å². The van der Waals surface area contributed by atoms with Crippen molar-refractivity contribution in [3.63, 3.8) is 0 Å². The molecule has 0 bridgehead atoms. The van der Waals surface area contributed by atoms with Crippen LogP contribution in [0, 0.1) is 0 Å². The van der Waals surface area contributed by atoms with E-state index in [1.165, 1.54) is 70.6 Å². The van der Waals surface area contributed by atoms with E-state index < -0.39 is 0 Å². The fourth-order valence-corrected chi connectivity index (χ4v) is 3.19. The van der Waals surface area contributed by atoms with Crippen molar-refractivity contribution in [1.82, 2.24) is 0 Å². The average molecular weight is 436 g/mol. The highest BCUT2D eigenvalue weighted by Gasteiger charge is 2.14. The van der Waals surface area contributed by atoms with Gasteiger partial charge in [0, 0.05) is 0 Å². The second-order valence-electron chi connectivity index (χ2n) is 6.24. The van der Waals surface area contributed by atoms with E-state index in [0.717, 1.165) is 12.8 Å². The molecule has 0 spiro atoms. The molecule has 0 fully saturated rings. The van der Waals surface area contributed by atoms with Gasteiger partial charge in [0.05, 0.1) is 6.61 Å². The molecule has 0 aromatic carbocycles. The minimum absolute atomic E-state index is 0.0322. The van der Waals surface area contributed by atoms with Crippen molar-refractivity contribution < 1.29 is 9.53 Å². The predicted molar refractivity (Wildman–Crippen MR) is 109 cm³/mol. The van der Waals surface area contributed by atoms with Gasteiger partial charge in [0.15, 0.2) is 0 Å². The molecule has 0 heterocycles. The van der Waals surface area contributed by atoms with Crippen molar-refractivity contribution in [2.45, 2.75) is 101 Å². The van der Waals surface area contributed by atoms with Gasteiger partial charge in [-0.1, -0.05) is 93.0 Å². The van der Waals surface area contributed by atoms with E-state index in [1.807, 2.05) is 6.92 Å². The quantitative estimate of drug-likeness (QED) is 0.0856. The first-order chi connectivity index (χ1) is 11.2. The van der Waals surface area contributed by atoms with Crippen molar-refractivity contribution in [3.8, 4) is 0 Å². The second-order valence-corrected chi connectivity index (χ2v) is 7.74. The van der Waals surface area contributed by atoms with E-state index in [-0.39, 0.29) is 9.89 Å². The van der Waals surface area contributed by atoms with Gasteiger partial charge in [0.2, 0.25) is 0 Å². The zero-order chi connectivity index (χ0) is 17.2. The summed E-state index contributed by atoms with van der Waals surface area (Å²) in [5.41, 5.74) is 0. The van der Waals surface area contributed by atoms with E-state index in [2.05, 4.69) is 41.7 Å². The van der Waals surface area contributed by atoms with Crippen LogP contribution in [0.25, 0.3) is 0 Å². The smallest absolute Gasteiger partial charge is 0.318 e. The fraction of sp³-hybridized carbons (Fsp3) is 0.850. The Hall–Kier alpha value is -0.0600. The number of carbonyl (C=O) groups is 1. The third-order valence-corrected chi connectivity index (χ3v) is 5.14. The topological polar surface area (TPSA) is 26.3 Å². The summed E-state index contributed by atoms with van der Waals surface area (Å²) in [5.74, 6) is -0.0503. The Balaban J connectivity index is 3.26. The van der Waals surface area contributed by atoms with Gasteiger partial charge in [0.25, 0.3) is 0 Å². The summed E-state index contributed by atoms with van der Waals surface area (Å²) in [7, 11) is 0. The molecule has 0 aliphatic heterocycles.